The van der Waals surface area contributed by atoms with Crippen molar-refractivity contribution < 1.29 is 18.1 Å². The van der Waals surface area contributed by atoms with E-state index in [1.165, 1.54) is 4.68 Å². The summed E-state index contributed by atoms with van der Waals surface area (Å²) >= 11 is 0. The van der Waals surface area contributed by atoms with Gasteiger partial charge in [-0.1, -0.05) is 0 Å². The van der Waals surface area contributed by atoms with Gasteiger partial charge in [0.1, 0.15) is 6.20 Å². The molecule has 0 aliphatic heterocycles. The highest BCUT2D eigenvalue weighted by Gasteiger charge is 2.42. The van der Waals surface area contributed by atoms with Gasteiger partial charge in [-0.25, -0.2) is 4.68 Å². The Kier molecular flexibility index (Phi) is 3.38. The monoisotopic (exact) mass is 278 g/mol. The molecule has 0 spiro atoms. The minimum absolute atomic E-state index is 0.00125. The molecule has 0 amide bonds. The molecule has 2 rings (SSSR count). The lowest BCUT2D eigenvalue weighted by atomic mass is 9.85. The molecule has 0 aromatic carbocycles. The van der Waals surface area contributed by atoms with E-state index >= 15 is 0 Å². The zero-order valence-corrected chi connectivity index (χ0v) is 9.93. The topological polar surface area (TPSA) is 87.0 Å². The van der Waals surface area contributed by atoms with Crippen molar-refractivity contribution in [1.82, 2.24) is 9.78 Å². The van der Waals surface area contributed by atoms with Crippen molar-refractivity contribution in [3.63, 3.8) is 0 Å². The summed E-state index contributed by atoms with van der Waals surface area (Å²) in [5.74, 6) is -1.39. The Hall–Kier alpha value is -1.80. The Bertz CT molecular complexity index is 478. The predicted octanol–water partition coefficient (Wildman–Crippen LogP) is 2.67. The molecule has 1 saturated carbocycles. The molecular weight excluding hydrogens is 265 g/mol. The first-order valence-corrected chi connectivity index (χ1v) is 5.84. The summed E-state index contributed by atoms with van der Waals surface area (Å²) in [6.07, 6.45) is -2.60. The van der Waals surface area contributed by atoms with E-state index in [0.29, 0.717) is 0 Å². The maximum atomic E-state index is 12.5. The lowest BCUT2D eigenvalue weighted by Crippen LogP contribution is -2.29. The largest absolute Gasteiger partial charge is 0.391 e. The average Bonchev–Trinajstić information content (AvgIpc) is 2.70. The highest BCUT2D eigenvalue weighted by molar-refractivity contribution is 5.51. The van der Waals surface area contributed by atoms with Gasteiger partial charge in [0.25, 0.3) is 0 Å². The second kappa shape index (κ2) is 4.71. The Labute approximate surface area is 106 Å². The lowest BCUT2D eigenvalue weighted by Gasteiger charge is -2.30. The molecular formula is C10H13F3N4O2. The molecule has 1 aliphatic carbocycles. The smallest absolute Gasteiger partial charge is 0.378 e. The van der Waals surface area contributed by atoms with E-state index in [1.807, 2.05) is 0 Å². The summed E-state index contributed by atoms with van der Waals surface area (Å²) in [6, 6.07) is -0.299. The highest BCUT2D eigenvalue weighted by atomic mass is 19.4. The van der Waals surface area contributed by atoms with E-state index in [-0.39, 0.29) is 43.2 Å². The molecule has 0 unspecified atom stereocenters. The van der Waals surface area contributed by atoms with Gasteiger partial charge in [-0.2, -0.15) is 18.3 Å². The van der Waals surface area contributed by atoms with Crippen molar-refractivity contribution >= 4 is 11.5 Å². The molecule has 0 atom stereocenters. The van der Waals surface area contributed by atoms with Gasteiger partial charge in [0.15, 0.2) is 0 Å². The van der Waals surface area contributed by atoms with Crippen LogP contribution < -0.4 is 5.73 Å². The second-order valence-electron chi connectivity index (χ2n) is 4.66. The normalized spacial score (nSPS) is 24.4. The van der Waals surface area contributed by atoms with Crippen LogP contribution in [0.2, 0.25) is 0 Å². The Morgan fingerprint density at radius 3 is 2.37 bits per heavy atom. The van der Waals surface area contributed by atoms with Crippen LogP contribution in [0.25, 0.3) is 0 Å². The number of aromatic nitrogens is 2. The van der Waals surface area contributed by atoms with E-state index in [1.54, 1.807) is 0 Å². The van der Waals surface area contributed by atoms with Gasteiger partial charge < -0.3 is 5.73 Å². The third kappa shape index (κ3) is 2.64. The number of nitrogens with two attached hydrogens (primary N) is 1. The number of nitro groups is 1. The fraction of sp³-hybridized carbons (Fsp3) is 0.700. The van der Waals surface area contributed by atoms with Gasteiger partial charge in [-0.15, -0.1) is 0 Å². The van der Waals surface area contributed by atoms with Crippen LogP contribution in [0.3, 0.4) is 0 Å². The van der Waals surface area contributed by atoms with Crippen LogP contribution in [0.1, 0.15) is 31.7 Å². The number of nitrogen functional groups attached to an aromatic ring is 1. The summed E-state index contributed by atoms with van der Waals surface area (Å²) < 4.78 is 38.8. The van der Waals surface area contributed by atoms with Crippen LogP contribution >= 0.6 is 0 Å². The van der Waals surface area contributed by atoms with E-state index < -0.39 is 17.0 Å². The van der Waals surface area contributed by atoms with Gasteiger partial charge in [0.05, 0.1) is 16.9 Å². The average molecular weight is 278 g/mol. The standard InChI is InChI=1S/C10H13F3N4O2/c11-10(12,13)6-1-3-7(4-2-6)16-9(14)8(5-15-16)17(18)19/h5-7H,1-4,14H2. The van der Waals surface area contributed by atoms with Crippen LogP contribution in [-0.2, 0) is 0 Å². The van der Waals surface area contributed by atoms with E-state index in [0.717, 1.165) is 6.20 Å². The van der Waals surface area contributed by atoms with Crippen molar-refractivity contribution in [2.75, 3.05) is 5.73 Å². The van der Waals surface area contributed by atoms with Crippen LogP contribution in [0, 0.1) is 16.0 Å². The van der Waals surface area contributed by atoms with Crippen molar-refractivity contribution in [3.05, 3.63) is 16.3 Å². The number of alkyl halides is 3. The third-order valence-electron chi connectivity index (χ3n) is 3.52. The number of hydrogen-bond acceptors (Lipinski definition) is 4. The molecule has 6 nitrogen and oxygen atoms in total. The summed E-state index contributed by atoms with van der Waals surface area (Å²) in [5.41, 5.74) is 5.28. The molecule has 0 bridgehead atoms. The Morgan fingerprint density at radius 2 is 1.95 bits per heavy atom. The Morgan fingerprint density at radius 1 is 1.37 bits per heavy atom. The van der Waals surface area contributed by atoms with Gasteiger partial charge in [-0.3, -0.25) is 10.1 Å². The first-order chi connectivity index (χ1) is 8.80. The maximum Gasteiger partial charge on any atom is 0.391 e. The van der Waals surface area contributed by atoms with E-state index in [4.69, 9.17) is 5.73 Å². The number of halogens is 3. The van der Waals surface area contributed by atoms with Crippen molar-refractivity contribution in [2.24, 2.45) is 5.92 Å². The molecule has 0 saturated heterocycles. The minimum atomic E-state index is -4.17. The minimum Gasteiger partial charge on any atom is -0.378 e. The molecule has 9 heteroatoms. The van der Waals surface area contributed by atoms with Gasteiger partial charge in [0, 0.05) is 0 Å². The summed E-state index contributed by atoms with van der Waals surface area (Å²) in [6.45, 7) is 0. The van der Waals surface area contributed by atoms with Crippen LogP contribution in [0.15, 0.2) is 6.20 Å². The van der Waals surface area contributed by atoms with E-state index in [2.05, 4.69) is 5.10 Å². The lowest BCUT2D eigenvalue weighted by molar-refractivity contribution is -0.384. The molecule has 1 aliphatic rings. The quantitative estimate of drug-likeness (QED) is 0.665. The van der Waals surface area contributed by atoms with E-state index in [9.17, 15) is 23.3 Å². The first kappa shape index (κ1) is 13.6. The van der Waals surface area contributed by atoms with Crippen LogP contribution in [-0.4, -0.2) is 20.9 Å². The van der Waals surface area contributed by atoms with Crippen molar-refractivity contribution in [3.8, 4) is 0 Å². The molecule has 1 aromatic rings. The zero-order valence-electron chi connectivity index (χ0n) is 9.93. The summed E-state index contributed by atoms with van der Waals surface area (Å²) in [4.78, 5) is 9.97. The molecule has 106 valence electrons. The molecule has 19 heavy (non-hydrogen) atoms. The number of anilines is 1. The number of rotatable bonds is 2. The maximum absolute atomic E-state index is 12.5. The summed E-state index contributed by atoms with van der Waals surface area (Å²) in [7, 11) is 0. The molecule has 1 heterocycles. The highest BCUT2D eigenvalue weighted by Crippen LogP contribution is 2.42. The zero-order chi connectivity index (χ0) is 14.2. The van der Waals surface area contributed by atoms with Gasteiger partial charge in [0.2, 0.25) is 5.82 Å². The van der Waals surface area contributed by atoms with Crippen molar-refractivity contribution in [1.29, 1.82) is 0 Å². The number of nitrogens with zero attached hydrogens (tertiary/aromatic N) is 3. The SMILES string of the molecule is Nc1c([N+](=O)[O-])cnn1C1CCC(C(F)(F)F)CC1. The Balaban J connectivity index is 2.08. The fourth-order valence-electron chi connectivity index (χ4n) is 2.44. The molecule has 0 radical (unpaired) electrons. The first-order valence-electron chi connectivity index (χ1n) is 5.84. The van der Waals surface area contributed by atoms with Crippen LogP contribution in [0.5, 0.6) is 0 Å². The molecule has 1 fully saturated rings. The summed E-state index contributed by atoms with van der Waals surface area (Å²) in [5, 5.41) is 14.4. The van der Waals surface area contributed by atoms with Gasteiger partial charge >= 0.3 is 11.9 Å². The fourth-order valence-corrected chi connectivity index (χ4v) is 2.44. The van der Waals surface area contributed by atoms with Crippen LogP contribution in [0.4, 0.5) is 24.7 Å². The third-order valence-corrected chi connectivity index (χ3v) is 3.52. The van der Waals surface area contributed by atoms with Gasteiger partial charge in [-0.05, 0) is 25.7 Å². The number of hydrogen-bond donors (Lipinski definition) is 1. The molecule has 1 aromatic heterocycles. The van der Waals surface area contributed by atoms with Crippen molar-refractivity contribution in [2.45, 2.75) is 37.9 Å². The second-order valence-corrected chi connectivity index (χ2v) is 4.66. The predicted molar refractivity (Wildman–Crippen MR) is 60.3 cm³/mol. The molecule has 2 N–H and O–H groups in total.